The summed E-state index contributed by atoms with van der Waals surface area (Å²) in [4.78, 5) is 6.40. The summed E-state index contributed by atoms with van der Waals surface area (Å²) >= 11 is 3.44. The maximum Gasteiger partial charge on any atom is 0.260 e. The largest absolute Gasteiger partial charge is 0.335 e. The molecule has 0 unspecified atom stereocenters. The highest BCUT2D eigenvalue weighted by atomic mass is 79.9. The monoisotopic (exact) mass is 307 g/mol. The Morgan fingerprint density at radius 3 is 2.69 bits per heavy atom. The number of alkyl halides is 1. The third-order valence-electron chi connectivity index (χ3n) is 2.88. The number of aromatic amines is 1. The predicted octanol–water partition coefficient (Wildman–Crippen LogP) is 1.21. The Bertz CT molecular complexity index is 424. The van der Waals surface area contributed by atoms with Crippen LogP contribution in [0.2, 0.25) is 0 Å². The molecule has 7 heteroatoms. The van der Waals surface area contributed by atoms with Crippen molar-refractivity contribution in [1.29, 1.82) is 0 Å². The van der Waals surface area contributed by atoms with Crippen molar-refractivity contribution in [2.45, 2.75) is 17.9 Å². The van der Waals surface area contributed by atoms with Gasteiger partial charge in [-0.2, -0.15) is 4.31 Å². The number of imidazole rings is 1. The molecule has 1 aliphatic rings. The molecule has 5 nitrogen and oxygen atoms in total. The van der Waals surface area contributed by atoms with Crippen LogP contribution in [-0.4, -0.2) is 41.1 Å². The summed E-state index contributed by atoms with van der Waals surface area (Å²) in [6, 6.07) is 0. The van der Waals surface area contributed by atoms with Crippen molar-refractivity contribution < 1.29 is 8.42 Å². The van der Waals surface area contributed by atoms with E-state index in [9.17, 15) is 8.42 Å². The molecule has 16 heavy (non-hydrogen) atoms. The molecule has 0 radical (unpaired) electrons. The van der Waals surface area contributed by atoms with Gasteiger partial charge in [0.05, 0.1) is 12.5 Å². The van der Waals surface area contributed by atoms with Gasteiger partial charge in [-0.1, -0.05) is 15.9 Å². The molecule has 0 aromatic carbocycles. The summed E-state index contributed by atoms with van der Waals surface area (Å²) in [5.74, 6) is 0.591. The van der Waals surface area contributed by atoms with Gasteiger partial charge in [-0.3, -0.25) is 0 Å². The Labute approximate surface area is 103 Å². The second kappa shape index (κ2) is 4.85. The van der Waals surface area contributed by atoms with E-state index in [1.807, 2.05) is 0 Å². The summed E-state index contributed by atoms with van der Waals surface area (Å²) in [6.07, 6.45) is 4.57. The minimum Gasteiger partial charge on any atom is -0.335 e. The van der Waals surface area contributed by atoms with Crippen molar-refractivity contribution >= 4 is 26.0 Å². The standard InChI is InChI=1S/C9H14BrN3O2S/c10-5-8-1-3-13(4-2-8)16(14,15)9-6-11-7-12-9/h6-8H,1-5H2,(H,11,12). The molecule has 0 saturated carbocycles. The molecule has 2 heterocycles. The van der Waals surface area contributed by atoms with Gasteiger partial charge in [0.1, 0.15) is 0 Å². The summed E-state index contributed by atoms with van der Waals surface area (Å²) in [6.45, 7) is 1.19. The second-order valence-corrected chi connectivity index (χ2v) is 6.47. The second-order valence-electron chi connectivity index (χ2n) is 3.92. The van der Waals surface area contributed by atoms with Crippen LogP contribution in [0.1, 0.15) is 12.8 Å². The van der Waals surface area contributed by atoms with Crippen LogP contribution in [0.15, 0.2) is 17.6 Å². The van der Waals surface area contributed by atoms with Crippen LogP contribution in [-0.2, 0) is 10.0 Å². The molecule has 90 valence electrons. The molecule has 1 N–H and O–H groups in total. The first-order valence-electron chi connectivity index (χ1n) is 5.19. The molecule has 2 rings (SSSR count). The highest BCUT2D eigenvalue weighted by Crippen LogP contribution is 2.23. The molecule has 0 aliphatic carbocycles. The lowest BCUT2D eigenvalue weighted by Gasteiger charge is -2.29. The first-order valence-corrected chi connectivity index (χ1v) is 7.75. The summed E-state index contributed by atoms with van der Waals surface area (Å²) in [5.41, 5.74) is 0. The molecule has 0 bridgehead atoms. The average Bonchev–Trinajstić information content (AvgIpc) is 2.83. The maximum absolute atomic E-state index is 12.1. The minimum absolute atomic E-state index is 0.185. The Morgan fingerprint density at radius 2 is 2.19 bits per heavy atom. The van der Waals surface area contributed by atoms with Crippen molar-refractivity contribution in [2.24, 2.45) is 5.92 Å². The smallest absolute Gasteiger partial charge is 0.260 e. The molecule has 0 spiro atoms. The van der Waals surface area contributed by atoms with Crippen LogP contribution in [0.25, 0.3) is 0 Å². The van der Waals surface area contributed by atoms with Gasteiger partial charge in [-0.05, 0) is 18.8 Å². The van der Waals surface area contributed by atoms with Gasteiger partial charge >= 0.3 is 0 Å². The van der Waals surface area contributed by atoms with Gasteiger partial charge in [-0.25, -0.2) is 13.4 Å². The van der Waals surface area contributed by atoms with Crippen molar-refractivity contribution in [3.8, 4) is 0 Å². The number of aromatic nitrogens is 2. The lowest BCUT2D eigenvalue weighted by Crippen LogP contribution is -2.38. The first kappa shape index (κ1) is 12.1. The lowest BCUT2D eigenvalue weighted by molar-refractivity contribution is 0.291. The molecule has 0 amide bonds. The molecular formula is C9H14BrN3O2S. The van der Waals surface area contributed by atoms with Gasteiger partial charge < -0.3 is 4.98 Å². The van der Waals surface area contributed by atoms with Crippen molar-refractivity contribution in [1.82, 2.24) is 14.3 Å². The molecule has 1 aliphatic heterocycles. The third kappa shape index (κ3) is 2.31. The zero-order chi connectivity index (χ0) is 11.6. The number of hydrogen-bond donors (Lipinski definition) is 1. The van der Waals surface area contributed by atoms with Crippen LogP contribution < -0.4 is 0 Å². The van der Waals surface area contributed by atoms with Gasteiger partial charge in [0, 0.05) is 18.4 Å². The van der Waals surface area contributed by atoms with Crippen LogP contribution in [0.3, 0.4) is 0 Å². The van der Waals surface area contributed by atoms with E-state index < -0.39 is 10.0 Å². The van der Waals surface area contributed by atoms with Crippen molar-refractivity contribution in [2.75, 3.05) is 18.4 Å². The number of hydrogen-bond acceptors (Lipinski definition) is 3. The van der Waals surface area contributed by atoms with Crippen LogP contribution in [0.4, 0.5) is 0 Å². The van der Waals surface area contributed by atoms with Gasteiger partial charge in [0.25, 0.3) is 10.0 Å². The molecule has 1 aromatic heterocycles. The van der Waals surface area contributed by atoms with E-state index in [2.05, 4.69) is 25.9 Å². The molecular weight excluding hydrogens is 294 g/mol. The molecule has 1 fully saturated rings. The number of rotatable bonds is 3. The van der Waals surface area contributed by atoms with Crippen LogP contribution >= 0.6 is 15.9 Å². The van der Waals surface area contributed by atoms with Gasteiger partial charge in [0.2, 0.25) is 0 Å². The highest BCUT2D eigenvalue weighted by Gasteiger charge is 2.29. The van der Waals surface area contributed by atoms with E-state index >= 15 is 0 Å². The molecule has 0 atom stereocenters. The van der Waals surface area contributed by atoms with E-state index in [0.29, 0.717) is 19.0 Å². The van der Waals surface area contributed by atoms with Crippen LogP contribution in [0.5, 0.6) is 0 Å². The summed E-state index contributed by atoms with van der Waals surface area (Å²) in [5, 5.41) is 1.13. The van der Waals surface area contributed by atoms with E-state index in [1.165, 1.54) is 16.8 Å². The topological polar surface area (TPSA) is 66.1 Å². The Balaban J connectivity index is 2.09. The Kier molecular flexibility index (Phi) is 3.66. The molecule has 1 aromatic rings. The van der Waals surface area contributed by atoms with Gasteiger partial charge in [-0.15, -0.1) is 0 Å². The van der Waals surface area contributed by atoms with Gasteiger partial charge in [0.15, 0.2) is 5.03 Å². The maximum atomic E-state index is 12.1. The normalized spacial score (nSPS) is 20.1. The fourth-order valence-corrected chi connectivity index (χ4v) is 3.84. The number of halogens is 1. The third-order valence-corrected chi connectivity index (χ3v) is 5.62. The predicted molar refractivity (Wildman–Crippen MR) is 63.9 cm³/mol. The number of H-pyrrole nitrogens is 1. The Morgan fingerprint density at radius 1 is 1.50 bits per heavy atom. The van der Waals surface area contributed by atoms with E-state index in [0.717, 1.165) is 18.2 Å². The average molecular weight is 308 g/mol. The van der Waals surface area contributed by atoms with E-state index in [1.54, 1.807) is 0 Å². The fraction of sp³-hybridized carbons (Fsp3) is 0.667. The molecule has 1 saturated heterocycles. The Hall–Kier alpha value is -0.400. The first-order chi connectivity index (χ1) is 7.64. The lowest BCUT2D eigenvalue weighted by atomic mass is 10.0. The SMILES string of the molecule is O=S(=O)(c1cnc[nH]1)N1CCC(CBr)CC1. The van der Waals surface area contributed by atoms with Crippen molar-refractivity contribution in [3.05, 3.63) is 12.5 Å². The quantitative estimate of drug-likeness (QED) is 0.854. The number of sulfonamides is 1. The number of nitrogens with one attached hydrogen (secondary N) is 1. The number of nitrogens with zero attached hydrogens (tertiary/aromatic N) is 2. The summed E-state index contributed by atoms with van der Waals surface area (Å²) in [7, 11) is -3.35. The number of piperidine rings is 1. The highest BCUT2D eigenvalue weighted by molar-refractivity contribution is 9.09. The van der Waals surface area contributed by atoms with Crippen molar-refractivity contribution in [3.63, 3.8) is 0 Å². The van der Waals surface area contributed by atoms with Crippen LogP contribution in [0, 0.1) is 5.92 Å². The minimum atomic E-state index is -3.35. The zero-order valence-corrected chi connectivity index (χ0v) is 11.2. The summed E-state index contributed by atoms with van der Waals surface area (Å²) < 4.78 is 25.7. The van der Waals surface area contributed by atoms with E-state index in [4.69, 9.17) is 0 Å². The zero-order valence-electron chi connectivity index (χ0n) is 8.76. The fourth-order valence-electron chi connectivity index (χ4n) is 1.83. The van der Waals surface area contributed by atoms with E-state index in [-0.39, 0.29) is 5.03 Å².